The largest absolute Gasteiger partial charge is 0.370 e. The van der Waals surface area contributed by atoms with Gasteiger partial charge in [-0.05, 0) is 74.5 Å². The van der Waals surface area contributed by atoms with Gasteiger partial charge in [0.1, 0.15) is 0 Å². The van der Waals surface area contributed by atoms with Crippen molar-refractivity contribution in [2.75, 3.05) is 13.1 Å². The molecule has 0 radical (unpaired) electrons. The molecule has 1 aliphatic heterocycles. The molecular formula is C16H25N3. The molecule has 0 amide bonds. The van der Waals surface area contributed by atoms with E-state index in [2.05, 4.69) is 4.90 Å². The highest BCUT2D eigenvalue weighted by atomic mass is 15.4. The molecule has 104 valence electrons. The summed E-state index contributed by atoms with van der Waals surface area (Å²) >= 11 is 0. The molecule has 0 aromatic heterocycles. The summed E-state index contributed by atoms with van der Waals surface area (Å²) in [6.07, 6.45) is 10.2. The maximum Gasteiger partial charge on any atom is 0.191 e. The van der Waals surface area contributed by atoms with Crippen molar-refractivity contribution in [1.82, 2.24) is 4.90 Å². The van der Waals surface area contributed by atoms with Gasteiger partial charge in [0.05, 0.1) is 12.1 Å². The highest BCUT2D eigenvalue weighted by Gasteiger charge is 2.61. The summed E-state index contributed by atoms with van der Waals surface area (Å²) in [6.45, 7) is 2.22. The Labute approximate surface area is 115 Å². The molecule has 0 unspecified atom stereocenters. The van der Waals surface area contributed by atoms with Crippen LogP contribution in [0.2, 0.25) is 0 Å². The standard InChI is InChI=1S/C16H25N3/c17-15-18-9-16(19(15)8-10-1-2-10)13-4-11-3-12(6-13)7-14(16)5-11/h10-14H,1-9H2,(H2,17,18). The lowest BCUT2D eigenvalue weighted by Gasteiger charge is -2.62. The second kappa shape index (κ2) is 3.48. The van der Waals surface area contributed by atoms with Gasteiger partial charge in [0.15, 0.2) is 5.96 Å². The van der Waals surface area contributed by atoms with Crippen molar-refractivity contribution in [3.8, 4) is 0 Å². The maximum absolute atomic E-state index is 6.29. The van der Waals surface area contributed by atoms with Crippen LogP contribution in [0.3, 0.4) is 0 Å². The highest BCUT2D eigenvalue weighted by Crippen LogP contribution is 2.61. The molecule has 5 fully saturated rings. The van der Waals surface area contributed by atoms with E-state index in [-0.39, 0.29) is 0 Å². The Kier molecular flexibility index (Phi) is 2.01. The summed E-state index contributed by atoms with van der Waals surface area (Å²) in [7, 11) is 0. The van der Waals surface area contributed by atoms with Crippen LogP contribution in [0.5, 0.6) is 0 Å². The van der Waals surface area contributed by atoms with Crippen LogP contribution < -0.4 is 5.73 Å². The third-order valence-corrected chi connectivity index (χ3v) is 6.96. The molecule has 5 saturated carbocycles. The van der Waals surface area contributed by atoms with E-state index in [4.69, 9.17) is 10.7 Å². The quantitative estimate of drug-likeness (QED) is 0.826. The summed E-state index contributed by atoms with van der Waals surface area (Å²) < 4.78 is 0. The third kappa shape index (κ3) is 1.37. The van der Waals surface area contributed by atoms with Crippen LogP contribution in [0.4, 0.5) is 0 Å². The lowest BCUT2D eigenvalue weighted by molar-refractivity contribution is -0.102. The van der Waals surface area contributed by atoms with Crippen molar-refractivity contribution in [3.05, 3.63) is 0 Å². The first-order valence-electron chi connectivity index (χ1n) is 8.33. The predicted molar refractivity (Wildman–Crippen MR) is 75.7 cm³/mol. The maximum atomic E-state index is 6.29. The molecule has 6 aliphatic rings. The first kappa shape index (κ1) is 11.0. The number of nitrogens with two attached hydrogens (primary N) is 1. The van der Waals surface area contributed by atoms with Crippen molar-refractivity contribution in [1.29, 1.82) is 0 Å². The molecule has 3 heteroatoms. The van der Waals surface area contributed by atoms with Crippen molar-refractivity contribution in [2.24, 2.45) is 40.3 Å². The lowest BCUT2D eigenvalue weighted by atomic mass is 9.48. The predicted octanol–water partition coefficient (Wildman–Crippen LogP) is 2.22. The van der Waals surface area contributed by atoms with Crippen molar-refractivity contribution < 1.29 is 0 Å². The third-order valence-electron chi connectivity index (χ3n) is 6.96. The Balaban J connectivity index is 1.52. The van der Waals surface area contributed by atoms with Gasteiger partial charge in [0, 0.05) is 6.54 Å². The average Bonchev–Trinajstić information content (AvgIpc) is 3.14. The van der Waals surface area contributed by atoms with Crippen LogP contribution in [0.1, 0.15) is 44.9 Å². The zero-order chi connectivity index (χ0) is 12.6. The number of aliphatic imine (C=N–C) groups is 1. The first-order valence-corrected chi connectivity index (χ1v) is 8.33. The summed E-state index contributed by atoms with van der Waals surface area (Å²) in [5.41, 5.74) is 6.65. The second-order valence-corrected chi connectivity index (χ2v) is 8.02. The Morgan fingerprint density at radius 3 is 2.26 bits per heavy atom. The lowest BCUT2D eigenvalue weighted by Crippen LogP contribution is -2.67. The van der Waals surface area contributed by atoms with Crippen LogP contribution in [-0.4, -0.2) is 29.5 Å². The minimum absolute atomic E-state index is 0.361. The Bertz CT molecular complexity index is 409. The Hall–Kier alpha value is -0.730. The van der Waals surface area contributed by atoms with E-state index < -0.39 is 0 Å². The molecule has 6 rings (SSSR count). The molecule has 5 aliphatic carbocycles. The first-order chi connectivity index (χ1) is 9.25. The van der Waals surface area contributed by atoms with Crippen LogP contribution in [-0.2, 0) is 0 Å². The number of hydrogen-bond acceptors (Lipinski definition) is 3. The monoisotopic (exact) mass is 259 g/mol. The van der Waals surface area contributed by atoms with Gasteiger partial charge < -0.3 is 10.6 Å². The van der Waals surface area contributed by atoms with Gasteiger partial charge >= 0.3 is 0 Å². The van der Waals surface area contributed by atoms with Gasteiger partial charge in [-0.3, -0.25) is 4.99 Å². The Morgan fingerprint density at radius 2 is 1.68 bits per heavy atom. The molecule has 1 heterocycles. The van der Waals surface area contributed by atoms with E-state index in [0.29, 0.717) is 5.54 Å². The smallest absolute Gasteiger partial charge is 0.191 e. The van der Waals surface area contributed by atoms with Crippen molar-refractivity contribution >= 4 is 5.96 Å². The normalized spacial score (nSPS) is 51.2. The molecule has 0 saturated heterocycles. The molecule has 0 atom stereocenters. The molecule has 2 N–H and O–H groups in total. The summed E-state index contributed by atoms with van der Waals surface area (Å²) in [5, 5.41) is 0. The number of guanidine groups is 1. The molecule has 1 spiro atoms. The minimum atomic E-state index is 0.361. The van der Waals surface area contributed by atoms with E-state index in [1.165, 1.54) is 51.5 Å². The van der Waals surface area contributed by atoms with Gasteiger partial charge in [0.2, 0.25) is 0 Å². The van der Waals surface area contributed by atoms with Crippen LogP contribution in [0.25, 0.3) is 0 Å². The zero-order valence-corrected chi connectivity index (χ0v) is 11.7. The number of rotatable bonds is 2. The van der Waals surface area contributed by atoms with Crippen molar-refractivity contribution in [3.63, 3.8) is 0 Å². The zero-order valence-electron chi connectivity index (χ0n) is 11.7. The average molecular weight is 259 g/mol. The van der Waals surface area contributed by atoms with E-state index in [1.54, 1.807) is 0 Å². The number of hydrogen-bond donors (Lipinski definition) is 1. The van der Waals surface area contributed by atoms with Gasteiger partial charge in [-0.25, -0.2) is 0 Å². The fourth-order valence-corrected chi connectivity index (χ4v) is 6.11. The summed E-state index contributed by atoms with van der Waals surface area (Å²) in [5.74, 6) is 5.66. The van der Waals surface area contributed by atoms with E-state index in [1.807, 2.05) is 0 Å². The van der Waals surface area contributed by atoms with Crippen LogP contribution in [0.15, 0.2) is 4.99 Å². The molecule has 0 aromatic carbocycles. The molecule has 4 bridgehead atoms. The minimum Gasteiger partial charge on any atom is -0.370 e. The van der Waals surface area contributed by atoms with Gasteiger partial charge in [0.25, 0.3) is 0 Å². The fourth-order valence-electron chi connectivity index (χ4n) is 6.11. The van der Waals surface area contributed by atoms with Gasteiger partial charge in [-0.1, -0.05) is 0 Å². The van der Waals surface area contributed by atoms with Gasteiger partial charge in [-0.2, -0.15) is 0 Å². The molecule has 3 nitrogen and oxygen atoms in total. The summed E-state index contributed by atoms with van der Waals surface area (Å²) in [4.78, 5) is 7.31. The molecular weight excluding hydrogens is 234 g/mol. The van der Waals surface area contributed by atoms with E-state index >= 15 is 0 Å². The van der Waals surface area contributed by atoms with E-state index in [9.17, 15) is 0 Å². The second-order valence-electron chi connectivity index (χ2n) is 8.02. The number of nitrogens with zero attached hydrogens (tertiary/aromatic N) is 2. The molecule has 0 aromatic rings. The molecule has 19 heavy (non-hydrogen) atoms. The van der Waals surface area contributed by atoms with Crippen molar-refractivity contribution in [2.45, 2.75) is 50.5 Å². The van der Waals surface area contributed by atoms with E-state index in [0.717, 1.165) is 42.1 Å². The summed E-state index contributed by atoms with van der Waals surface area (Å²) in [6, 6.07) is 0. The SMILES string of the molecule is NC1=NCC2(C3CC4CC(C3)CC2C4)N1CC1CC1. The van der Waals surface area contributed by atoms with Gasteiger partial charge in [-0.15, -0.1) is 0 Å². The fraction of sp³-hybridized carbons (Fsp3) is 0.938. The Morgan fingerprint density at radius 1 is 1.05 bits per heavy atom. The topological polar surface area (TPSA) is 41.6 Å². The highest BCUT2D eigenvalue weighted by molar-refractivity contribution is 5.81. The van der Waals surface area contributed by atoms with Crippen LogP contribution >= 0.6 is 0 Å². The van der Waals surface area contributed by atoms with Crippen LogP contribution in [0, 0.1) is 29.6 Å².